The SMILES string of the molecule is CCC1(C)CNC(CC(C)C)CN1CC(C)OC. The Hall–Kier alpha value is -0.120. The molecule has 108 valence electrons. The monoisotopic (exact) mass is 256 g/mol. The van der Waals surface area contributed by atoms with Gasteiger partial charge in [0.15, 0.2) is 0 Å². The van der Waals surface area contributed by atoms with Gasteiger partial charge in [0.2, 0.25) is 0 Å². The maximum absolute atomic E-state index is 5.44. The molecule has 3 unspecified atom stereocenters. The van der Waals surface area contributed by atoms with Crippen LogP contribution in [-0.2, 0) is 4.74 Å². The quantitative estimate of drug-likeness (QED) is 0.790. The molecule has 3 nitrogen and oxygen atoms in total. The zero-order valence-electron chi connectivity index (χ0n) is 13.1. The molecule has 1 N–H and O–H groups in total. The van der Waals surface area contributed by atoms with Crippen LogP contribution in [0, 0.1) is 5.92 Å². The van der Waals surface area contributed by atoms with Crippen molar-refractivity contribution in [3.8, 4) is 0 Å². The van der Waals surface area contributed by atoms with Crippen molar-refractivity contribution in [2.45, 2.75) is 65.1 Å². The summed E-state index contributed by atoms with van der Waals surface area (Å²) in [5, 5.41) is 3.73. The average Bonchev–Trinajstić information content (AvgIpc) is 2.32. The maximum Gasteiger partial charge on any atom is 0.0670 e. The summed E-state index contributed by atoms with van der Waals surface area (Å²) in [6.07, 6.45) is 2.76. The predicted octanol–water partition coefficient (Wildman–Crippen LogP) is 2.51. The van der Waals surface area contributed by atoms with Crippen molar-refractivity contribution in [3.63, 3.8) is 0 Å². The molecule has 1 fully saturated rings. The summed E-state index contributed by atoms with van der Waals surface area (Å²) in [7, 11) is 1.81. The summed E-state index contributed by atoms with van der Waals surface area (Å²) in [6, 6.07) is 0.633. The van der Waals surface area contributed by atoms with Gasteiger partial charge in [-0.2, -0.15) is 0 Å². The first-order chi connectivity index (χ1) is 8.41. The van der Waals surface area contributed by atoms with E-state index < -0.39 is 0 Å². The first-order valence-corrected chi connectivity index (χ1v) is 7.42. The minimum Gasteiger partial charge on any atom is -0.380 e. The summed E-state index contributed by atoms with van der Waals surface area (Å²) in [4.78, 5) is 2.63. The van der Waals surface area contributed by atoms with Gasteiger partial charge in [0, 0.05) is 38.3 Å². The van der Waals surface area contributed by atoms with Crippen LogP contribution >= 0.6 is 0 Å². The van der Waals surface area contributed by atoms with Crippen LogP contribution in [0.3, 0.4) is 0 Å². The van der Waals surface area contributed by atoms with Crippen molar-refractivity contribution < 1.29 is 4.74 Å². The zero-order valence-corrected chi connectivity index (χ0v) is 13.1. The second-order valence-corrected chi connectivity index (χ2v) is 6.51. The smallest absolute Gasteiger partial charge is 0.0670 e. The minimum atomic E-state index is 0.278. The molecule has 0 spiro atoms. The molecule has 0 amide bonds. The molecule has 0 aromatic rings. The van der Waals surface area contributed by atoms with Gasteiger partial charge in [-0.3, -0.25) is 4.90 Å². The fraction of sp³-hybridized carbons (Fsp3) is 1.00. The van der Waals surface area contributed by atoms with Crippen LogP contribution in [0.15, 0.2) is 0 Å². The number of nitrogens with zero attached hydrogens (tertiary/aromatic N) is 1. The van der Waals surface area contributed by atoms with Crippen LogP contribution < -0.4 is 5.32 Å². The standard InChI is InChI=1S/C15H32N2O/c1-7-15(5)11-16-14(8-12(2)3)10-17(15)9-13(4)18-6/h12-14,16H,7-11H2,1-6H3. The number of hydrogen-bond donors (Lipinski definition) is 1. The fourth-order valence-electron chi connectivity index (χ4n) is 2.78. The summed E-state index contributed by atoms with van der Waals surface area (Å²) in [5.41, 5.74) is 0.278. The van der Waals surface area contributed by atoms with Crippen molar-refractivity contribution in [2.75, 3.05) is 26.7 Å². The van der Waals surface area contributed by atoms with Gasteiger partial charge in [0.25, 0.3) is 0 Å². The number of methoxy groups -OCH3 is 1. The maximum atomic E-state index is 5.44. The summed E-state index contributed by atoms with van der Waals surface area (Å²) in [5.74, 6) is 0.759. The largest absolute Gasteiger partial charge is 0.380 e. The molecule has 0 bridgehead atoms. The molecule has 0 aromatic carbocycles. The molecule has 1 aliphatic rings. The van der Waals surface area contributed by atoms with Crippen molar-refractivity contribution in [2.24, 2.45) is 5.92 Å². The van der Waals surface area contributed by atoms with E-state index in [2.05, 4.69) is 44.8 Å². The van der Waals surface area contributed by atoms with E-state index in [0.29, 0.717) is 12.1 Å². The van der Waals surface area contributed by atoms with Crippen LogP contribution in [0.4, 0.5) is 0 Å². The van der Waals surface area contributed by atoms with E-state index in [1.807, 2.05) is 7.11 Å². The van der Waals surface area contributed by atoms with E-state index in [-0.39, 0.29) is 5.54 Å². The van der Waals surface area contributed by atoms with Gasteiger partial charge in [0.05, 0.1) is 6.10 Å². The van der Waals surface area contributed by atoms with Crippen LogP contribution in [0.5, 0.6) is 0 Å². The Balaban J connectivity index is 2.64. The zero-order chi connectivity index (χ0) is 13.8. The molecular formula is C15H32N2O. The van der Waals surface area contributed by atoms with Crippen molar-refractivity contribution in [1.82, 2.24) is 10.2 Å². The second-order valence-electron chi connectivity index (χ2n) is 6.51. The first kappa shape index (κ1) is 15.9. The summed E-state index contributed by atoms with van der Waals surface area (Å²) < 4.78 is 5.44. The summed E-state index contributed by atoms with van der Waals surface area (Å²) >= 11 is 0. The lowest BCUT2D eigenvalue weighted by molar-refractivity contribution is -0.00367. The second kappa shape index (κ2) is 6.88. The minimum absolute atomic E-state index is 0.278. The highest BCUT2D eigenvalue weighted by Gasteiger charge is 2.36. The third kappa shape index (κ3) is 4.22. The molecule has 0 radical (unpaired) electrons. The lowest BCUT2D eigenvalue weighted by Crippen LogP contribution is -2.64. The third-order valence-corrected chi connectivity index (χ3v) is 4.37. The molecule has 3 heteroatoms. The Labute approximate surface area is 113 Å². The van der Waals surface area contributed by atoms with Gasteiger partial charge in [-0.15, -0.1) is 0 Å². The molecule has 1 rings (SSSR count). The number of nitrogens with one attached hydrogen (secondary N) is 1. The van der Waals surface area contributed by atoms with Gasteiger partial charge in [-0.05, 0) is 32.6 Å². The van der Waals surface area contributed by atoms with Crippen molar-refractivity contribution >= 4 is 0 Å². The number of piperazine rings is 1. The molecule has 0 aliphatic carbocycles. The van der Waals surface area contributed by atoms with Crippen LogP contribution in [0.1, 0.15) is 47.5 Å². The van der Waals surface area contributed by atoms with E-state index >= 15 is 0 Å². The Morgan fingerprint density at radius 1 is 1.39 bits per heavy atom. The van der Waals surface area contributed by atoms with Gasteiger partial charge in [-0.25, -0.2) is 0 Å². The molecule has 3 atom stereocenters. The Kier molecular flexibility index (Phi) is 6.09. The van der Waals surface area contributed by atoms with Crippen molar-refractivity contribution in [3.05, 3.63) is 0 Å². The van der Waals surface area contributed by atoms with Gasteiger partial charge >= 0.3 is 0 Å². The number of rotatable bonds is 6. The van der Waals surface area contributed by atoms with E-state index in [0.717, 1.165) is 25.6 Å². The number of ether oxygens (including phenoxy) is 1. The van der Waals surface area contributed by atoms with E-state index in [1.54, 1.807) is 0 Å². The normalized spacial score (nSPS) is 31.8. The van der Waals surface area contributed by atoms with Crippen LogP contribution in [0.2, 0.25) is 0 Å². The van der Waals surface area contributed by atoms with Crippen LogP contribution in [-0.4, -0.2) is 49.3 Å². The highest BCUT2D eigenvalue weighted by molar-refractivity contribution is 4.95. The predicted molar refractivity (Wildman–Crippen MR) is 78.0 cm³/mol. The van der Waals surface area contributed by atoms with E-state index in [9.17, 15) is 0 Å². The first-order valence-electron chi connectivity index (χ1n) is 7.42. The van der Waals surface area contributed by atoms with Crippen LogP contribution in [0.25, 0.3) is 0 Å². The lowest BCUT2D eigenvalue weighted by atomic mass is 9.89. The Morgan fingerprint density at radius 2 is 2.06 bits per heavy atom. The van der Waals surface area contributed by atoms with Gasteiger partial charge in [0.1, 0.15) is 0 Å². The number of hydrogen-bond acceptors (Lipinski definition) is 3. The average molecular weight is 256 g/mol. The highest BCUT2D eigenvalue weighted by Crippen LogP contribution is 2.25. The third-order valence-electron chi connectivity index (χ3n) is 4.37. The van der Waals surface area contributed by atoms with E-state index in [4.69, 9.17) is 4.74 Å². The molecule has 18 heavy (non-hydrogen) atoms. The molecule has 0 saturated carbocycles. The molecule has 0 aromatic heterocycles. The lowest BCUT2D eigenvalue weighted by Gasteiger charge is -2.49. The fourth-order valence-corrected chi connectivity index (χ4v) is 2.78. The van der Waals surface area contributed by atoms with E-state index in [1.165, 1.54) is 12.8 Å². The Morgan fingerprint density at radius 3 is 2.56 bits per heavy atom. The molecule has 1 saturated heterocycles. The topological polar surface area (TPSA) is 24.5 Å². The highest BCUT2D eigenvalue weighted by atomic mass is 16.5. The summed E-state index contributed by atoms with van der Waals surface area (Å²) in [6.45, 7) is 14.7. The molecular weight excluding hydrogens is 224 g/mol. The van der Waals surface area contributed by atoms with Gasteiger partial charge in [-0.1, -0.05) is 20.8 Å². The molecule has 1 heterocycles. The van der Waals surface area contributed by atoms with Gasteiger partial charge < -0.3 is 10.1 Å². The Bertz CT molecular complexity index is 245. The molecule has 1 aliphatic heterocycles. The van der Waals surface area contributed by atoms with Crippen molar-refractivity contribution in [1.29, 1.82) is 0 Å².